The van der Waals surface area contributed by atoms with Crippen LogP contribution in [0.2, 0.25) is 0 Å². The molecule has 51 heavy (non-hydrogen) atoms. The number of benzene rings is 6. The summed E-state index contributed by atoms with van der Waals surface area (Å²) in [5, 5.41) is 4.34. The van der Waals surface area contributed by atoms with Crippen LogP contribution in [0.4, 0.5) is 0 Å². The van der Waals surface area contributed by atoms with E-state index in [1.807, 2.05) is 36.4 Å². The van der Waals surface area contributed by atoms with E-state index in [2.05, 4.69) is 91.0 Å². The Morgan fingerprint density at radius 3 is 1.96 bits per heavy atom. The lowest BCUT2D eigenvalue weighted by Gasteiger charge is -2.66. The molecule has 4 aliphatic rings. The Kier molecular flexibility index (Phi) is 5.49. The average Bonchev–Trinajstić information content (AvgIpc) is 3.86. The van der Waals surface area contributed by atoms with Crippen LogP contribution in [0.25, 0.3) is 78.3 Å². The summed E-state index contributed by atoms with van der Waals surface area (Å²) >= 11 is 0. The highest BCUT2D eigenvalue weighted by Crippen LogP contribution is 2.84. The Bertz CT molecular complexity index is 2700. The number of nitrogens with zero attached hydrogens (tertiary/aromatic N) is 4. The summed E-state index contributed by atoms with van der Waals surface area (Å²) in [6, 6.07) is 44.6. The van der Waals surface area contributed by atoms with Gasteiger partial charge in [-0.2, -0.15) is 0 Å². The van der Waals surface area contributed by atoms with E-state index in [1.54, 1.807) is 0 Å². The Labute approximate surface area is 295 Å². The average molecular weight is 659 g/mol. The van der Waals surface area contributed by atoms with E-state index in [1.165, 1.54) is 43.1 Å². The van der Waals surface area contributed by atoms with Gasteiger partial charge in [-0.15, -0.1) is 0 Å². The quantitative estimate of drug-likeness (QED) is 0.184. The molecule has 0 radical (unpaired) electrons. The van der Waals surface area contributed by atoms with Crippen LogP contribution in [-0.4, -0.2) is 19.9 Å². The lowest BCUT2D eigenvalue weighted by Crippen LogP contribution is -2.59. The largest absolute Gasteiger partial charge is 0.435 e. The lowest BCUT2D eigenvalue weighted by atomic mass is 9.38. The third kappa shape index (κ3) is 3.86. The Balaban J connectivity index is 1.02. The molecule has 4 fully saturated rings. The Morgan fingerprint density at radius 2 is 1.20 bits per heavy atom. The van der Waals surface area contributed by atoms with Crippen molar-refractivity contribution in [3.8, 4) is 45.6 Å². The molecule has 1 spiro atoms. The van der Waals surface area contributed by atoms with Gasteiger partial charge >= 0.3 is 0 Å². The predicted molar refractivity (Wildman–Crippen MR) is 202 cm³/mol. The van der Waals surface area contributed by atoms with Gasteiger partial charge in [-0.3, -0.25) is 0 Å². The summed E-state index contributed by atoms with van der Waals surface area (Å²) in [5.74, 6) is 5.50. The van der Waals surface area contributed by atoms with Crippen molar-refractivity contribution in [1.29, 1.82) is 0 Å². The molecular formula is C46H34N4O. The maximum atomic E-state index is 6.42. The van der Waals surface area contributed by atoms with Gasteiger partial charge in [0, 0.05) is 27.6 Å². The van der Waals surface area contributed by atoms with Crippen molar-refractivity contribution < 1.29 is 4.42 Å². The number of hydrogen-bond acceptors (Lipinski definition) is 5. The molecule has 0 N–H and O–H groups in total. The zero-order valence-electron chi connectivity index (χ0n) is 28.1. The molecule has 0 amide bonds. The fourth-order valence-corrected chi connectivity index (χ4v) is 11.1. The minimum atomic E-state index is 0.365. The van der Waals surface area contributed by atoms with Crippen molar-refractivity contribution in [2.45, 2.75) is 37.5 Å². The molecule has 4 aliphatic carbocycles. The van der Waals surface area contributed by atoms with E-state index >= 15 is 0 Å². The summed E-state index contributed by atoms with van der Waals surface area (Å²) in [5.41, 5.74) is 7.94. The third-order valence-electron chi connectivity index (χ3n) is 13.4. The van der Waals surface area contributed by atoms with E-state index in [-0.39, 0.29) is 0 Å². The van der Waals surface area contributed by atoms with Gasteiger partial charge in [-0.25, -0.2) is 19.9 Å². The van der Waals surface area contributed by atoms with Crippen molar-refractivity contribution in [2.24, 2.45) is 23.2 Å². The summed E-state index contributed by atoms with van der Waals surface area (Å²) < 4.78 is 6.42. The molecule has 244 valence electrons. The molecule has 2 unspecified atom stereocenters. The Morgan fingerprint density at radius 1 is 0.529 bits per heavy atom. The molecule has 0 aliphatic heterocycles. The third-order valence-corrected chi connectivity index (χ3v) is 13.4. The second-order valence-corrected chi connectivity index (χ2v) is 15.7. The van der Waals surface area contributed by atoms with Gasteiger partial charge in [0.15, 0.2) is 23.1 Å². The zero-order valence-corrected chi connectivity index (χ0v) is 28.1. The standard InChI is InChI=1S/C46H34N4O/c1-2-9-29(10-3-1)44-47-39-23-38(36-12-6-7-13-37(36)40(39)51-44)43-49-41(48-42(50-43)31-15-14-27-8-4-5-11-30(27)20-31)28-16-18-32(19-17-28)45-24-34-21-33-22-35(25-45)46(33,34)26-45/h1-20,23,33-35H,21-22,24-26H2. The molecule has 2 heterocycles. The monoisotopic (exact) mass is 658 g/mol. The number of fused-ring (bicyclic) bond motifs is 5. The molecular weight excluding hydrogens is 625 g/mol. The van der Waals surface area contributed by atoms with Crippen LogP contribution in [0.15, 0.2) is 132 Å². The van der Waals surface area contributed by atoms with E-state index in [0.717, 1.165) is 67.3 Å². The van der Waals surface area contributed by atoms with Gasteiger partial charge in [-0.1, -0.05) is 103 Å². The topological polar surface area (TPSA) is 64.7 Å². The zero-order chi connectivity index (χ0) is 33.3. The number of oxazole rings is 1. The molecule has 2 aromatic heterocycles. The van der Waals surface area contributed by atoms with Crippen LogP contribution >= 0.6 is 0 Å². The van der Waals surface area contributed by atoms with Gasteiger partial charge in [0.1, 0.15) is 5.52 Å². The van der Waals surface area contributed by atoms with Gasteiger partial charge in [0.25, 0.3) is 0 Å². The van der Waals surface area contributed by atoms with Crippen LogP contribution in [-0.2, 0) is 5.41 Å². The molecule has 4 saturated carbocycles. The van der Waals surface area contributed by atoms with Gasteiger partial charge in [-0.05, 0) is 107 Å². The molecule has 8 aromatic rings. The first-order valence-electron chi connectivity index (χ1n) is 18.4. The normalized spacial score (nSPS) is 25.6. The number of hydrogen-bond donors (Lipinski definition) is 0. The van der Waals surface area contributed by atoms with Crippen molar-refractivity contribution in [1.82, 2.24) is 19.9 Å². The SMILES string of the molecule is c1ccc(-c2nc3cc(-c4nc(-c5ccc(C67CC8CC9CC(C6)C98C7)cc5)nc(-c5ccc6ccccc6c5)n4)c4ccccc4c3o2)cc1. The van der Waals surface area contributed by atoms with Crippen LogP contribution < -0.4 is 0 Å². The minimum absolute atomic E-state index is 0.365. The second kappa shape index (κ2) is 9.97. The molecule has 6 aromatic carbocycles. The summed E-state index contributed by atoms with van der Waals surface area (Å²) in [4.78, 5) is 20.5. The van der Waals surface area contributed by atoms with E-state index in [9.17, 15) is 0 Å². The fraction of sp³-hybridized carbons (Fsp3) is 0.217. The first-order valence-corrected chi connectivity index (χ1v) is 18.4. The summed E-state index contributed by atoms with van der Waals surface area (Å²) in [7, 11) is 0. The summed E-state index contributed by atoms with van der Waals surface area (Å²) in [6.45, 7) is 0. The van der Waals surface area contributed by atoms with Crippen LogP contribution in [0.1, 0.15) is 37.7 Å². The molecule has 5 heteroatoms. The first-order chi connectivity index (χ1) is 25.1. The fourth-order valence-electron chi connectivity index (χ4n) is 11.1. The molecule has 2 atom stereocenters. The van der Waals surface area contributed by atoms with E-state index in [0.29, 0.717) is 34.2 Å². The number of rotatable bonds is 5. The highest BCUT2D eigenvalue weighted by Gasteiger charge is 2.77. The lowest BCUT2D eigenvalue weighted by molar-refractivity contribution is -0.175. The second-order valence-electron chi connectivity index (χ2n) is 15.7. The molecule has 5 nitrogen and oxygen atoms in total. The van der Waals surface area contributed by atoms with Crippen molar-refractivity contribution >= 4 is 32.6 Å². The van der Waals surface area contributed by atoms with Crippen LogP contribution in [0.5, 0.6) is 0 Å². The van der Waals surface area contributed by atoms with Crippen LogP contribution in [0, 0.1) is 23.2 Å². The van der Waals surface area contributed by atoms with Gasteiger partial charge in [0.05, 0.1) is 0 Å². The highest BCUT2D eigenvalue weighted by atomic mass is 16.3. The van der Waals surface area contributed by atoms with Crippen molar-refractivity contribution in [2.75, 3.05) is 0 Å². The Hall–Kier alpha value is -5.68. The van der Waals surface area contributed by atoms with Gasteiger partial charge < -0.3 is 4.42 Å². The maximum Gasteiger partial charge on any atom is 0.227 e. The highest BCUT2D eigenvalue weighted by molar-refractivity contribution is 6.10. The van der Waals surface area contributed by atoms with Crippen LogP contribution in [0.3, 0.4) is 0 Å². The predicted octanol–water partition coefficient (Wildman–Crippen LogP) is 11.1. The smallest absolute Gasteiger partial charge is 0.227 e. The minimum Gasteiger partial charge on any atom is -0.435 e. The van der Waals surface area contributed by atoms with E-state index < -0.39 is 0 Å². The first kappa shape index (κ1) is 28.1. The molecule has 2 bridgehead atoms. The maximum absolute atomic E-state index is 6.42. The van der Waals surface area contributed by atoms with Gasteiger partial charge in [0.2, 0.25) is 5.89 Å². The molecule has 0 saturated heterocycles. The van der Waals surface area contributed by atoms with Crippen molar-refractivity contribution in [3.05, 3.63) is 133 Å². The van der Waals surface area contributed by atoms with E-state index in [4.69, 9.17) is 24.4 Å². The van der Waals surface area contributed by atoms with Crippen molar-refractivity contribution in [3.63, 3.8) is 0 Å². The summed E-state index contributed by atoms with van der Waals surface area (Å²) in [6.07, 6.45) is 7.12. The number of aromatic nitrogens is 4. The molecule has 12 rings (SSSR count).